The van der Waals surface area contributed by atoms with Crippen LogP contribution in [0.3, 0.4) is 0 Å². The van der Waals surface area contributed by atoms with E-state index in [1.165, 1.54) is 12.8 Å². The van der Waals surface area contributed by atoms with Crippen molar-refractivity contribution in [3.63, 3.8) is 0 Å². The fourth-order valence-electron chi connectivity index (χ4n) is 2.68. The topological polar surface area (TPSA) is 37.3 Å². The van der Waals surface area contributed by atoms with Gasteiger partial charge >= 0.3 is 0 Å². The number of rotatable bonds is 2. The van der Waals surface area contributed by atoms with Crippen molar-refractivity contribution in [2.75, 3.05) is 0 Å². The third-order valence-electron chi connectivity index (χ3n) is 3.78. The first-order valence-electron chi connectivity index (χ1n) is 5.43. The van der Waals surface area contributed by atoms with Crippen LogP contribution in [0, 0.1) is 11.3 Å². The van der Waals surface area contributed by atoms with Crippen LogP contribution in [0.1, 0.15) is 44.9 Å². The van der Waals surface area contributed by atoms with E-state index in [1.54, 1.807) is 0 Å². The molecule has 2 heteroatoms. The molecule has 0 bridgehead atoms. The van der Waals surface area contributed by atoms with Crippen LogP contribution >= 0.6 is 0 Å². The monoisotopic (exact) mass is 182 g/mol. The summed E-state index contributed by atoms with van der Waals surface area (Å²) in [5, 5.41) is 9.90. The molecule has 2 fully saturated rings. The van der Waals surface area contributed by atoms with Gasteiger partial charge < -0.3 is 9.90 Å². The first-order chi connectivity index (χ1) is 6.28. The van der Waals surface area contributed by atoms with Gasteiger partial charge in [0.2, 0.25) is 0 Å². The summed E-state index contributed by atoms with van der Waals surface area (Å²) in [5.74, 6) is 0.271. The molecule has 2 atom stereocenters. The van der Waals surface area contributed by atoms with Gasteiger partial charge in [0.15, 0.2) is 0 Å². The van der Waals surface area contributed by atoms with E-state index in [0.717, 1.165) is 38.4 Å². The summed E-state index contributed by atoms with van der Waals surface area (Å²) in [6.07, 6.45) is 8.42. The van der Waals surface area contributed by atoms with Crippen LogP contribution in [0.25, 0.3) is 0 Å². The standard InChI is InChI=1S/C11H18O2/c12-8-11(6-7-11)9-4-2-1-3-5-10(9)13/h8-10,13H,1-7H2. The number of aldehydes is 1. The van der Waals surface area contributed by atoms with Crippen molar-refractivity contribution in [2.45, 2.75) is 51.0 Å². The lowest BCUT2D eigenvalue weighted by Gasteiger charge is -2.25. The van der Waals surface area contributed by atoms with Crippen molar-refractivity contribution in [1.82, 2.24) is 0 Å². The molecular weight excluding hydrogens is 164 g/mol. The fraction of sp³-hybridized carbons (Fsp3) is 0.909. The Labute approximate surface area is 79.3 Å². The van der Waals surface area contributed by atoms with Gasteiger partial charge in [-0.15, -0.1) is 0 Å². The zero-order chi connectivity index (χ0) is 9.31. The Morgan fingerprint density at radius 1 is 1.15 bits per heavy atom. The van der Waals surface area contributed by atoms with Crippen LogP contribution in [0.4, 0.5) is 0 Å². The van der Waals surface area contributed by atoms with E-state index in [9.17, 15) is 9.90 Å². The van der Waals surface area contributed by atoms with Gasteiger partial charge in [0, 0.05) is 5.41 Å². The van der Waals surface area contributed by atoms with Crippen molar-refractivity contribution < 1.29 is 9.90 Å². The third-order valence-corrected chi connectivity index (χ3v) is 3.78. The quantitative estimate of drug-likeness (QED) is 0.523. The molecule has 2 unspecified atom stereocenters. The van der Waals surface area contributed by atoms with Crippen LogP contribution in [0.5, 0.6) is 0 Å². The van der Waals surface area contributed by atoms with Gasteiger partial charge in [0.25, 0.3) is 0 Å². The van der Waals surface area contributed by atoms with E-state index in [1.807, 2.05) is 0 Å². The summed E-state index contributed by atoms with van der Waals surface area (Å²) >= 11 is 0. The van der Waals surface area contributed by atoms with E-state index in [2.05, 4.69) is 0 Å². The molecule has 13 heavy (non-hydrogen) atoms. The number of aliphatic hydroxyl groups excluding tert-OH is 1. The molecule has 2 aliphatic carbocycles. The van der Waals surface area contributed by atoms with Crippen molar-refractivity contribution >= 4 is 6.29 Å². The summed E-state index contributed by atoms with van der Waals surface area (Å²) in [5.41, 5.74) is -0.107. The molecule has 0 heterocycles. The Hall–Kier alpha value is -0.370. The lowest BCUT2D eigenvalue weighted by molar-refractivity contribution is -0.116. The SMILES string of the molecule is O=CC1(C2CCCCCC2O)CC1. The van der Waals surface area contributed by atoms with Gasteiger partial charge in [0.1, 0.15) is 6.29 Å². The molecule has 0 saturated heterocycles. The van der Waals surface area contributed by atoms with Gasteiger partial charge in [-0.25, -0.2) is 0 Å². The van der Waals surface area contributed by atoms with Crippen molar-refractivity contribution in [3.8, 4) is 0 Å². The molecule has 0 radical (unpaired) electrons. The molecule has 2 rings (SSSR count). The molecule has 0 aromatic rings. The maximum atomic E-state index is 10.9. The lowest BCUT2D eigenvalue weighted by Crippen LogP contribution is -2.29. The smallest absolute Gasteiger partial charge is 0.126 e. The Balaban J connectivity index is 2.06. The molecule has 0 aliphatic heterocycles. The minimum absolute atomic E-state index is 0.107. The zero-order valence-electron chi connectivity index (χ0n) is 8.04. The average molecular weight is 182 g/mol. The van der Waals surface area contributed by atoms with Gasteiger partial charge in [-0.1, -0.05) is 19.3 Å². The van der Waals surface area contributed by atoms with E-state index >= 15 is 0 Å². The highest BCUT2D eigenvalue weighted by Crippen LogP contribution is 2.54. The van der Waals surface area contributed by atoms with Gasteiger partial charge in [-0.2, -0.15) is 0 Å². The number of hydrogen-bond acceptors (Lipinski definition) is 2. The lowest BCUT2D eigenvalue weighted by atomic mass is 9.82. The van der Waals surface area contributed by atoms with Crippen LogP contribution in [0.15, 0.2) is 0 Å². The number of carbonyl (C=O) groups excluding carboxylic acids is 1. The predicted molar refractivity (Wildman–Crippen MR) is 50.3 cm³/mol. The minimum Gasteiger partial charge on any atom is -0.393 e. The second-order valence-electron chi connectivity index (χ2n) is 4.66. The summed E-state index contributed by atoms with van der Waals surface area (Å²) < 4.78 is 0. The van der Waals surface area contributed by atoms with Crippen molar-refractivity contribution in [3.05, 3.63) is 0 Å². The van der Waals surface area contributed by atoms with Gasteiger partial charge in [-0.3, -0.25) is 0 Å². The summed E-state index contributed by atoms with van der Waals surface area (Å²) in [6, 6.07) is 0. The zero-order valence-corrected chi connectivity index (χ0v) is 8.04. The molecule has 0 aromatic carbocycles. The fourth-order valence-corrected chi connectivity index (χ4v) is 2.68. The number of carbonyl (C=O) groups is 1. The maximum absolute atomic E-state index is 10.9. The van der Waals surface area contributed by atoms with Gasteiger partial charge in [0.05, 0.1) is 6.10 Å². The first-order valence-corrected chi connectivity index (χ1v) is 5.43. The Kier molecular flexibility index (Phi) is 2.41. The van der Waals surface area contributed by atoms with Crippen molar-refractivity contribution in [1.29, 1.82) is 0 Å². The molecule has 1 N–H and O–H groups in total. The van der Waals surface area contributed by atoms with Crippen LogP contribution < -0.4 is 0 Å². The second-order valence-corrected chi connectivity index (χ2v) is 4.66. The molecular formula is C11H18O2. The maximum Gasteiger partial charge on any atom is 0.126 e. The van der Waals surface area contributed by atoms with Crippen LogP contribution in [-0.2, 0) is 4.79 Å². The summed E-state index contributed by atoms with van der Waals surface area (Å²) in [4.78, 5) is 10.9. The molecule has 0 spiro atoms. The van der Waals surface area contributed by atoms with E-state index < -0.39 is 0 Å². The molecule has 2 saturated carbocycles. The van der Waals surface area contributed by atoms with E-state index in [-0.39, 0.29) is 17.4 Å². The Morgan fingerprint density at radius 2 is 1.85 bits per heavy atom. The van der Waals surface area contributed by atoms with Crippen LogP contribution in [-0.4, -0.2) is 17.5 Å². The number of hydrogen-bond donors (Lipinski definition) is 1. The molecule has 2 aliphatic rings. The Morgan fingerprint density at radius 3 is 2.46 bits per heavy atom. The summed E-state index contributed by atoms with van der Waals surface area (Å²) in [6.45, 7) is 0. The highest BCUT2D eigenvalue weighted by Gasteiger charge is 2.51. The highest BCUT2D eigenvalue weighted by molar-refractivity contribution is 5.64. The van der Waals surface area contributed by atoms with Crippen molar-refractivity contribution in [2.24, 2.45) is 11.3 Å². The van der Waals surface area contributed by atoms with Crippen LogP contribution in [0.2, 0.25) is 0 Å². The highest BCUT2D eigenvalue weighted by atomic mass is 16.3. The normalized spacial score (nSPS) is 37.9. The third kappa shape index (κ3) is 1.64. The van der Waals surface area contributed by atoms with E-state index in [0.29, 0.717) is 0 Å². The van der Waals surface area contributed by atoms with E-state index in [4.69, 9.17) is 0 Å². The largest absolute Gasteiger partial charge is 0.393 e. The summed E-state index contributed by atoms with van der Waals surface area (Å²) in [7, 11) is 0. The minimum atomic E-state index is -0.213. The second kappa shape index (κ2) is 3.41. The predicted octanol–water partition coefficient (Wildman–Crippen LogP) is 1.91. The first kappa shape index (κ1) is 9.20. The molecule has 0 amide bonds. The molecule has 74 valence electrons. The average Bonchev–Trinajstić information content (AvgIpc) is 2.90. The number of aliphatic hydroxyl groups is 1. The Bertz CT molecular complexity index is 196. The van der Waals surface area contributed by atoms with Gasteiger partial charge in [-0.05, 0) is 31.6 Å². The molecule has 2 nitrogen and oxygen atoms in total. The molecule has 0 aromatic heterocycles.